The highest BCUT2D eigenvalue weighted by Crippen LogP contribution is 2.34. The quantitative estimate of drug-likeness (QED) is 0.758. The molecular formula is C16H22N4O2S. The number of aliphatic hydroxyl groups is 1. The van der Waals surface area contributed by atoms with Crippen LogP contribution >= 0.6 is 11.3 Å². The monoisotopic (exact) mass is 334 g/mol. The van der Waals surface area contributed by atoms with Crippen LogP contribution in [0.25, 0.3) is 0 Å². The molecule has 1 heterocycles. The molecule has 2 rings (SSSR count). The van der Waals surface area contributed by atoms with Crippen molar-refractivity contribution in [3.8, 4) is 0 Å². The van der Waals surface area contributed by atoms with E-state index >= 15 is 0 Å². The maximum absolute atomic E-state index is 11.9. The number of nitrogens with zero attached hydrogens (tertiary/aromatic N) is 2. The summed E-state index contributed by atoms with van der Waals surface area (Å²) >= 11 is 1.36. The number of urea groups is 1. The van der Waals surface area contributed by atoms with E-state index in [2.05, 4.69) is 46.8 Å². The zero-order valence-corrected chi connectivity index (χ0v) is 14.4. The van der Waals surface area contributed by atoms with Crippen molar-refractivity contribution in [3.63, 3.8) is 0 Å². The van der Waals surface area contributed by atoms with Crippen LogP contribution < -0.4 is 10.6 Å². The lowest BCUT2D eigenvalue weighted by Gasteiger charge is -2.21. The average Bonchev–Trinajstić information content (AvgIpc) is 2.97. The molecule has 23 heavy (non-hydrogen) atoms. The first-order valence-corrected chi connectivity index (χ1v) is 8.33. The number of carbonyl (C=O) groups excluding carboxylic acids is 1. The summed E-state index contributed by atoms with van der Waals surface area (Å²) < 4.78 is 0. The van der Waals surface area contributed by atoms with Crippen LogP contribution in [-0.2, 0) is 5.41 Å². The second kappa shape index (κ2) is 7.52. The molecule has 0 unspecified atom stereocenters. The molecule has 0 bridgehead atoms. The number of nitrogens with one attached hydrogen (secondary N) is 2. The number of benzene rings is 1. The van der Waals surface area contributed by atoms with Crippen molar-refractivity contribution in [2.75, 3.05) is 11.9 Å². The fraction of sp³-hybridized carbons (Fsp3) is 0.438. The highest BCUT2D eigenvalue weighted by molar-refractivity contribution is 7.15. The van der Waals surface area contributed by atoms with Gasteiger partial charge in [0, 0.05) is 18.1 Å². The lowest BCUT2D eigenvalue weighted by molar-refractivity contribution is 0.241. The molecule has 1 aromatic heterocycles. The van der Waals surface area contributed by atoms with Crippen LogP contribution in [0.15, 0.2) is 30.3 Å². The van der Waals surface area contributed by atoms with Crippen LogP contribution in [0, 0.1) is 0 Å². The van der Waals surface area contributed by atoms with Gasteiger partial charge in [0.2, 0.25) is 5.13 Å². The standard InChI is InChI=1S/C16H22N4O2S/c1-11(9-10-21)17-14(22)18-15-20-19-13(23-15)16(2,3)12-7-5-4-6-8-12/h4-8,11,21H,9-10H2,1-3H3,(H2,17,18,20,22)/t11-/m1/s1. The molecule has 0 aliphatic carbocycles. The Balaban J connectivity index is 2.04. The molecule has 1 aromatic carbocycles. The zero-order valence-electron chi connectivity index (χ0n) is 13.5. The molecule has 7 heteroatoms. The Morgan fingerprint density at radius 1 is 1.30 bits per heavy atom. The third-order valence-corrected chi connectivity index (χ3v) is 4.78. The Labute approximate surface area is 140 Å². The Hall–Kier alpha value is -1.99. The lowest BCUT2D eigenvalue weighted by atomic mass is 9.85. The van der Waals surface area contributed by atoms with Crippen LogP contribution in [0.4, 0.5) is 9.93 Å². The highest BCUT2D eigenvalue weighted by Gasteiger charge is 2.27. The van der Waals surface area contributed by atoms with Crippen molar-refractivity contribution in [3.05, 3.63) is 40.9 Å². The first kappa shape index (κ1) is 17.4. The molecule has 0 aliphatic heterocycles. The normalized spacial score (nSPS) is 12.7. The number of aromatic nitrogens is 2. The molecule has 2 aromatic rings. The van der Waals surface area contributed by atoms with Gasteiger partial charge in [0.25, 0.3) is 0 Å². The van der Waals surface area contributed by atoms with Gasteiger partial charge < -0.3 is 10.4 Å². The molecule has 3 N–H and O–H groups in total. The van der Waals surface area contributed by atoms with Crippen molar-refractivity contribution in [1.82, 2.24) is 15.5 Å². The third kappa shape index (κ3) is 4.49. The lowest BCUT2D eigenvalue weighted by Crippen LogP contribution is -2.36. The molecule has 0 fully saturated rings. The Morgan fingerprint density at radius 2 is 2.00 bits per heavy atom. The van der Waals surface area contributed by atoms with Gasteiger partial charge in [-0.15, -0.1) is 10.2 Å². The minimum absolute atomic E-state index is 0.0374. The summed E-state index contributed by atoms with van der Waals surface area (Å²) in [7, 11) is 0. The molecule has 124 valence electrons. The van der Waals surface area contributed by atoms with Gasteiger partial charge in [-0.1, -0.05) is 41.7 Å². The van der Waals surface area contributed by atoms with Gasteiger partial charge in [0.1, 0.15) is 5.01 Å². The number of anilines is 1. The average molecular weight is 334 g/mol. The minimum Gasteiger partial charge on any atom is -0.396 e. The van der Waals surface area contributed by atoms with Crippen LogP contribution in [0.1, 0.15) is 37.8 Å². The van der Waals surface area contributed by atoms with E-state index in [0.29, 0.717) is 11.6 Å². The number of hydrogen-bond acceptors (Lipinski definition) is 5. The fourth-order valence-corrected chi connectivity index (χ4v) is 2.99. The van der Waals surface area contributed by atoms with Crippen LogP contribution in [0.3, 0.4) is 0 Å². The second-order valence-corrected chi connectivity index (χ2v) is 6.89. The maximum Gasteiger partial charge on any atom is 0.321 e. The molecule has 0 saturated carbocycles. The topological polar surface area (TPSA) is 87.1 Å². The predicted molar refractivity (Wildman–Crippen MR) is 91.8 cm³/mol. The van der Waals surface area contributed by atoms with E-state index in [9.17, 15) is 4.79 Å². The van der Waals surface area contributed by atoms with Gasteiger partial charge in [0.05, 0.1) is 0 Å². The maximum atomic E-state index is 11.9. The summed E-state index contributed by atoms with van der Waals surface area (Å²) in [6.07, 6.45) is 0.510. The zero-order chi connectivity index (χ0) is 16.9. The van der Waals surface area contributed by atoms with Gasteiger partial charge in [0.15, 0.2) is 0 Å². The molecule has 0 saturated heterocycles. The second-order valence-electron chi connectivity index (χ2n) is 5.92. The highest BCUT2D eigenvalue weighted by atomic mass is 32.1. The number of amides is 2. The summed E-state index contributed by atoms with van der Waals surface area (Å²) in [4.78, 5) is 11.9. The van der Waals surface area contributed by atoms with Crippen molar-refractivity contribution >= 4 is 22.5 Å². The number of carbonyl (C=O) groups is 1. The smallest absolute Gasteiger partial charge is 0.321 e. The van der Waals surface area contributed by atoms with Gasteiger partial charge >= 0.3 is 6.03 Å². The largest absolute Gasteiger partial charge is 0.396 e. The first-order valence-electron chi connectivity index (χ1n) is 7.51. The number of hydrogen-bond donors (Lipinski definition) is 3. The molecule has 1 atom stereocenters. The Morgan fingerprint density at radius 3 is 2.65 bits per heavy atom. The Bertz CT molecular complexity index is 643. The van der Waals surface area contributed by atoms with E-state index in [4.69, 9.17) is 5.11 Å². The van der Waals surface area contributed by atoms with E-state index in [-0.39, 0.29) is 24.1 Å². The number of aliphatic hydroxyl groups excluding tert-OH is 1. The summed E-state index contributed by atoms with van der Waals surface area (Å²) in [5.74, 6) is 0. The molecule has 6 nitrogen and oxygen atoms in total. The van der Waals surface area contributed by atoms with E-state index < -0.39 is 0 Å². The van der Waals surface area contributed by atoms with Crippen molar-refractivity contribution in [2.24, 2.45) is 0 Å². The van der Waals surface area contributed by atoms with Crippen molar-refractivity contribution in [2.45, 2.75) is 38.6 Å². The van der Waals surface area contributed by atoms with Crippen molar-refractivity contribution in [1.29, 1.82) is 0 Å². The van der Waals surface area contributed by atoms with Crippen LogP contribution in [-0.4, -0.2) is 34.0 Å². The Kier molecular flexibility index (Phi) is 5.68. The SMILES string of the molecule is C[C@H](CCO)NC(=O)Nc1nnc(C(C)(C)c2ccccc2)s1. The van der Waals surface area contributed by atoms with Gasteiger partial charge in [-0.2, -0.15) is 0 Å². The van der Waals surface area contributed by atoms with Gasteiger partial charge in [-0.3, -0.25) is 5.32 Å². The molecule has 0 radical (unpaired) electrons. The van der Waals surface area contributed by atoms with Gasteiger partial charge in [-0.05, 0) is 32.8 Å². The minimum atomic E-state index is -0.342. The van der Waals surface area contributed by atoms with Gasteiger partial charge in [-0.25, -0.2) is 4.79 Å². The van der Waals surface area contributed by atoms with Crippen LogP contribution in [0.5, 0.6) is 0 Å². The van der Waals surface area contributed by atoms with E-state index in [0.717, 1.165) is 10.6 Å². The van der Waals surface area contributed by atoms with E-state index in [1.54, 1.807) is 0 Å². The predicted octanol–water partition coefficient (Wildman–Crippen LogP) is 2.76. The summed E-state index contributed by atoms with van der Waals surface area (Å²) in [6, 6.07) is 9.63. The fourth-order valence-electron chi connectivity index (χ4n) is 2.13. The first-order chi connectivity index (χ1) is 10.9. The van der Waals surface area contributed by atoms with E-state index in [1.807, 2.05) is 25.1 Å². The molecular weight excluding hydrogens is 312 g/mol. The van der Waals surface area contributed by atoms with Crippen LogP contribution in [0.2, 0.25) is 0 Å². The molecule has 0 spiro atoms. The molecule has 0 aliphatic rings. The molecule has 2 amide bonds. The summed E-state index contributed by atoms with van der Waals surface area (Å²) in [5, 5.41) is 23.8. The summed E-state index contributed by atoms with van der Waals surface area (Å²) in [5.41, 5.74) is 0.864. The van der Waals surface area contributed by atoms with Crippen molar-refractivity contribution < 1.29 is 9.90 Å². The third-order valence-electron chi connectivity index (χ3n) is 3.62. The number of rotatable bonds is 6. The summed E-state index contributed by atoms with van der Waals surface area (Å²) in [6.45, 7) is 6.03. The van der Waals surface area contributed by atoms with E-state index in [1.165, 1.54) is 11.3 Å².